The molecular weight excluding hydrogens is 509 g/mol. The van der Waals surface area contributed by atoms with Crippen LogP contribution in [-0.2, 0) is 0 Å². The van der Waals surface area contributed by atoms with Gasteiger partial charge in [0.1, 0.15) is 5.75 Å². The molecule has 1 saturated heterocycles. The number of carbonyl (C=O) groups excluding carboxylic acids is 1. The fourth-order valence-electron chi connectivity index (χ4n) is 3.60. The lowest BCUT2D eigenvalue weighted by molar-refractivity contribution is 0.0926. The summed E-state index contributed by atoms with van der Waals surface area (Å²) in [5.74, 6) is 1.66. The highest BCUT2D eigenvalue weighted by Crippen LogP contribution is 2.26. The van der Waals surface area contributed by atoms with Crippen molar-refractivity contribution in [2.45, 2.75) is 18.9 Å². The fraction of sp³-hybridized carbons (Fsp3) is 0.455. The van der Waals surface area contributed by atoms with Gasteiger partial charge in [-0.1, -0.05) is 12.1 Å². The number of nitrogens with one attached hydrogen (secondary N) is 3. The quantitative estimate of drug-likeness (QED) is 0.196. The largest absolute Gasteiger partial charge is 0.497 e. The first-order valence-corrected chi connectivity index (χ1v) is 10.4. The summed E-state index contributed by atoms with van der Waals surface area (Å²) in [6.45, 7) is 3.97. The SMILES string of the molecule is CN=C(NCCNC(=O)c1ccco1)NCC(c1ccc(OC)cc1)N1CCCC1.I. The molecule has 1 unspecified atom stereocenters. The number of ether oxygens (including phenoxy) is 1. The number of benzene rings is 1. The Morgan fingerprint density at radius 2 is 1.84 bits per heavy atom. The summed E-state index contributed by atoms with van der Waals surface area (Å²) in [4.78, 5) is 18.7. The van der Waals surface area contributed by atoms with Gasteiger partial charge in [0.25, 0.3) is 5.91 Å². The van der Waals surface area contributed by atoms with Crippen molar-refractivity contribution >= 4 is 35.8 Å². The third-order valence-electron chi connectivity index (χ3n) is 5.22. The first-order valence-electron chi connectivity index (χ1n) is 10.4. The van der Waals surface area contributed by atoms with Crippen LogP contribution in [-0.4, -0.2) is 63.6 Å². The lowest BCUT2D eigenvalue weighted by Crippen LogP contribution is -2.44. The molecule has 2 heterocycles. The van der Waals surface area contributed by atoms with Gasteiger partial charge in [-0.3, -0.25) is 14.7 Å². The van der Waals surface area contributed by atoms with Crippen molar-refractivity contribution < 1.29 is 13.9 Å². The molecule has 1 aliphatic rings. The third kappa shape index (κ3) is 7.42. The summed E-state index contributed by atoms with van der Waals surface area (Å²) in [6.07, 6.45) is 3.95. The van der Waals surface area contributed by atoms with Crippen LogP contribution in [0.2, 0.25) is 0 Å². The number of amides is 1. The van der Waals surface area contributed by atoms with Crippen LogP contribution < -0.4 is 20.7 Å². The number of guanidine groups is 1. The molecule has 3 N–H and O–H groups in total. The zero-order chi connectivity index (χ0) is 21.2. The minimum Gasteiger partial charge on any atom is -0.497 e. The molecule has 1 aliphatic heterocycles. The smallest absolute Gasteiger partial charge is 0.287 e. The van der Waals surface area contributed by atoms with E-state index >= 15 is 0 Å². The summed E-state index contributed by atoms with van der Waals surface area (Å²) in [5.41, 5.74) is 1.26. The molecule has 2 aromatic rings. The molecule has 0 aliphatic carbocycles. The van der Waals surface area contributed by atoms with Gasteiger partial charge in [-0.25, -0.2) is 0 Å². The van der Waals surface area contributed by atoms with Gasteiger partial charge in [-0.15, -0.1) is 24.0 Å². The molecule has 1 atom stereocenters. The van der Waals surface area contributed by atoms with E-state index in [1.807, 2.05) is 12.1 Å². The summed E-state index contributed by atoms with van der Waals surface area (Å²) in [7, 11) is 3.43. The molecule has 0 radical (unpaired) electrons. The van der Waals surface area contributed by atoms with Crippen molar-refractivity contribution in [3.8, 4) is 5.75 Å². The van der Waals surface area contributed by atoms with Crippen molar-refractivity contribution in [1.29, 1.82) is 0 Å². The molecule has 1 fully saturated rings. The number of rotatable bonds is 9. The predicted octanol–water partition coefficient (Wildman–Crippen LogP) is 2.64. The average molecular weight is 541 g/mol. The van der Waals surface area contributed by atoms with E-state index in [0.717, 1.165) is 25.4 Å². The third-order valence-corrected chi connectivity index (χ3v) is 5.22. The molecule has 1 aromatic heterocycles. The van der Waals surface area contributed by atoms with Crippen LogP contribution in [0.4, 0.5) is 0 Å². The molecule has 8 nitrogen and oxygen atoms in total. The molecule has 1 amide bonds. The zero-order valence-electron chi connectivity index (χ0n) is 18.1. The van der Waals surface area contributed by atoms with E-state index in [0.29, 0.717) is 24.8 Å². The van der Waals surface area contributed by atoms with Crippen LogP contribution in [0.3, 0.4) is 0 Å². The minimum atomic E-state index is -0.224. The fourth-order valence-corrected chi connectivity index (χ4v) is 3.60. The number of hydrogen-bond acceptors (Lipinski definition) is 5. The van der Waals surface area contributed by atoms with Crippen molar-refractivity contribution in [2.24, 2.45) is 4.99 Å². The lowest BCUT2D eigenvalue weighted by Gasteiger charge is -2.29. The zero-order valence-corrected chi connectivity index (χ0v) is 20.4. The maximum atomic E-state index is 11.9. The maximum absolute atomic E-state index is 11.9. The highest BCUT2D eigenvalue weighted by Gasteiger charge is 2.23. The Labute approximate surface area is 200 Å². The molecule has 3 rings (SSSR count). The molecule has 0 spiro atoms. The highest BCUT2D eigenvalue weighted by atomic mass is 127. The number of methoxy groups -OCH3 is 1. The number of halogens is 1. The number of carbonyl (C=O) groups is 1. The monoisotopic (exact) mass is 541 g/mol. The van der Waals surface area contributed by atoms with E-state index in [2.05, 4.69) is 38.0 Å². The van der Waals surface area contributed by atoms with E-state index in [1.165, 1.54) is 24.7 Å². The predicted molar refractivity (Wildman–Crippen MR) is 132 cm³/mol. The lowest BCUT2D eigenvalue weighted by atomic mass is 10.1. The van der Waals surface area contributed by atoms with Gasteiger partial charge in [-0.05, 0) is 55.8 Å². The second-order valence-corrected chi connectivity index (χ2v) is 7.15. The van der Waals surface area contributed by atoms with Gasteiger partial charge in [0, 0.05) is 26.7 Å². The number of nitrogens with zero attached hydrogens (tertiary/aromatic N) is 2. The van der Waals surface area contributed by atoms with Crippen LogP contribution >= 0.6 is 24.0 Å². The first-order chi connectivity index (χ1) is 14.7. The van der Waals surface area contributed by atoms with Gasteiger partial charge in [-0.2, -0.15) is 0 Å². The molecule has 0 bridgehead atoms. The first kappa shape index (κ1) is 25.0. The normalized spacial score (nSPS) is 15.1. The Hall–Kier alpha value is -2.27. The maximum Gasteiger partial charge on any atom is 0.287 e. The van der Waals surface area contributed by atoms with E-state index in [4.69, 9.17) is 9.15 Å². The van der Waals surface area contributed by atoms with Crippen molar-refractivity contribution in [3.05, 3.63) is 54.0 Å². The molecule has 0 saturated carbocycles. The van der Waals surface area contributed by atoms with Crippen LogP contribution in [0.1, 0.15) is 35.0 Å². The van der Waals surface area contributed by atoms with E-state index in [1.54, 1.807) is 26.3 Å². The Morgan fingerprint density at radius 3 is 2.45 bits per heavy atom. The number of hydrogen-bond donors (Lipinski definition) is 3. The second kappa shape index (κ2) is 13.2. The second-order valence-electron chi connectivity index (χ2n) is 7.15. The van der Waals surface area contributed by atoms with E-state index in [9.17, 15) is 4.79 Å². The summed E-state index contributed by atoms with van der Waals surface area (Å²) >= 11 is 0. The van der Waals surface area contributed by atoms with E-state index < -0.39 is 0 Å². The number of aliphatic imine (C=N–C) groups is 1. The highest BCUT2D eigenvalue weighted by molar-refractivity contribution is 14.0. The topological polar surface area (TPSA) is 91.1 Å². The average Bonchev–Trinajstić information content (AvgIpc) is 3.50. The Bertz CT molecular complexity index is 805. The van der Waals surface area contributed by atoms with Gasteiger partial charge in [0.05, 0.1) is 19.4 Å². The van der Waals surface area contributed by atoms with Crippen molar-refractivity contribution in [2.75, 3.05) is 46.9 Å². The Kier molecular flexibility index (Phi) is 10.6. The summed E-state index contributed by atoms with van der Waals surface area (Å²) in [5, 5.41) is 9.48. The van der Waals surface area contributed by atoms with E-state index in [-0.39, 0.29) is 35.9 Å². The van der Waals surface area contributed by atoms with Gasteiger partial charge < -0.3 is 25.1 Å². The standard InChI is InChI=1S/C22H31N5O3.HI/c1-23-22(25-12-11-24-21(28)20-6-5-15-30-20)26-16-19(27-13-3-4-14-27)17-7-9-18(29-2)10-8-17;/h5-10,15,19H,3-4,11-14,16H2,1-2H3,(H,24,28)(H2,23,25,26);1H. The minimum absolute atomic E-state index is 0. The van der Waals surface area contributed by atoms with Crippen molar-refractivity contribution in [1.82, 2.24) is 20.9 Å². The molecule has 31 heavy (non-hydrogen) atoms. The number of likely N-dealkylation sites (tertiary alicyclic amines) is 1. The summed E-state index contributed by atoms with van der Waals surface area (Å²) < 4.78 is 10.4. The molecule has 170 valence electrons. The van der Waals surface area contributed by atoms with Gasteiger partial charge >= 0.3 is 0 Å². The van der Waals surface area contributed by atoms with Crippen LogP contribution in [0.5, 0.6) is 5.75 Å². The van der Waals surface area contributed by atoms with Crippen LogP contribution in [0.25, 0.3) is 0 Å². The Morgan fingerprint density at radius 1 is 1.13 bits per heavy atom. The summed E-state index contributed by atoms with van der Waals surface area (Å²) in [6, 6.07) is 11.9. The molecular formula is C22H32IN5O3. The van der Waals surface area contributed by atoms with Crippen molar-refractivity contribution in [3.63, 3.8) is 0 Å². The van der Waals surface area contributed by atoms with Gasteiger partial charge in [0.15, 0.2) is 11.7 Å². The Balaban J connectivity index is 0.00000341. The van der Waals surface area contributed by atoms with Gasteiger partial charge in [0.2, 0.25) is 0 Å². The number of furan rings is 1. The van der Waals surface area contributed by atoms with Crippen LogP contribution in [0.15, 0.2) is 52.1 Å². The molecule has 9 heteroatoms. The van der Waals surface area contributed by atoms with Crippen LogP contribution in [0, 0.1) is 0 Å². The molecule has 1 aromatic carbocycles.